The molecule has 4 rings (SSSR count). The van der Waals surface area contributed by atoms with E-state index in [0.717, 1.165) is 13.5 Å². The topological polar surface area (TPSA) is 134 Å². The van der Waals surface area contributed by atoms with Gasteiger partial charge in [0.15, 0.2) is 0 Å². The van der Waals surface area contributed by atoms with E-state index in [4.69, 9.17) is 14.4 Å². The van der Waals surface area contributed by atoms with E-state index >= 15 is 0 Å². The Kier molecular flexibility index (Phi) is 8.19. The van der Waals surface area contributed by atoms with Gasteiger partial charge < -0.3 is 30.1 Å². The number of carbonyl (C=O) groups is 3. The fourth-order valence-electron chi connectivity index (χ4n) is 4.37. The highest BCUT2D eigenvalue weighted by atomic mass is 19.4. The summed E-state index contributed by atoms with van der Waals surface area (Å²) in [6.45, 7) is -1.18. The van der Waals surface area contributed by atoms with Crippen LogP contribution in [0, 0.1) is 0 Å². The molecule has 0 saturated carbocycles. The van der Waals surface area contributed by atoms with E-state index in [9.17, 15) is 45.8 Å². The van der Waals surface area contributed by atoms with Gasteiger partial charge in [0, 0.05) is 30.1 Å². The van der Waals surface area contributed by atoms with Crippen LogP contribution in [0.5, 0.6) is 0 Å². The number of halogens is 6. The number of amides is 2. The number of aliphatic carboxylic acids is 1. The molecule has 211 valence electrons. The van der Waals surface area contributed by atoms with Gasteiger partial charge in [0.2, 0.25) is 0 Å². The number of hydrogen-bond acceptors (Lipinski definition) is 6. The van der Waals surface area contributed by atoms with Crippen molar-refractivity contribution in [1.29, 1.82) is 0 Å². The lowest BCUT2D eigenvalue weighted by atomic mass is 9.77. The van der Waals surface area contributed by atoms with Gasteiger partial charge in [-0.3, -0.25) is 14.4 Å². The van der Waals surface area contributed by atoms with Crippen LogP contribution < -0.4 is 21.6 Å². The number of carboxylic acid groups (broad SMARTS) is 1. The molecule has 0 aliphatic carbocycles. The largest absolute Gasteiger partial charge is 0.491 e. The van der Waals surface area contributed by atoms with Gasteiger partial charge in [-0.1, -0.05) is 0 Å². The van der Waals surface area contributed by atoms with Gasteiger partial charge in [-0.25, -0.2) is 0 Å². The van der Waals surface area contributed by atoms with Crippen LogP contribution in [0.2, 0.25) is 0 Å². The van der Waals surface area contributed by atoms with Crippen molar-refractivity contribution in [1.82, 2.24) is 10.6 Å². The molecular formula is C23H19B2F6N2O7. The SMILES string of the molecule is O=C(O)CC[C@H](CNC(=O)c1cc2c(c(C(F)(F)F)c1)COB2O)NC(=O)c1cc2c(c(C(F)(F)F)c1)[B]OC2. The van der Waals surface area contributed by atoms with E-state index in [-0.39, 0.29) is 40.6 Å². The minimum Gasteiger partial charge on any atom is -0.481 e. The van der Waals surface area contributed by atoms with E-state index in [2.05, 4.69) is 10.6 Å². The lowest BCUT2D eigenvalue weighted by Crippen LogP contribution is -2.44. The molecule has 2 amide bonds. The van der Waals surface area contributed by atoms with Crippen LogP contribution in [0.1, 0.15) is 55.8 Å². The minimum absolute atomic E-state index is 0.110. The zero-order valence-electron chi connectivity index (χ0n) is 20.3. The van der Waals surface area contributed by atoms with Crippen molar-refractivity contribution < 1.29 is 60.2 Å². The lowest BCUT2D eigenvalue weighted by Gasteiger charge is -2.20. The van der Waals surface area contributed by atoms with E-state index in [1.165, 1.54) is 6.07 Å². The zero-order valence-corrected chi connectivity index (χ0v) is 20.3. The van der Waals surface area contributed by atoms with E-state index in [1.807, 2.05) is 0 Å². The molecule has 1 radical (unpaired) electrons. The standard InChI is InChI=1S/C23H19B2F6N2O7/c26-22(27,28)15-4-11(6-17-14(15)9-40-25(17)38)20(36)32-7-13(1-2-18(34)35)33-21(37)10-3-12-8-39-24-19(12)16(5-10)23(29,30)31/h3-6,13,38H,1-2,7-9H2,(H,32,36)(H,33,37)(H,34,35)/t13-/m1/s1. The maximum atomic E-state index is 13.5. The Bertz CT molecular complexity index is 1350. The summed E-state index contributed by atoms with van der Waals surface area (Å²) in [5, 5.41) is 23.6. The van der Waals surface area contributed by atoms with Crippen molar-refractivity contribution in [2.24, 2.45) is 0 Å². The summed E-state index contributed by atoms with van der Waals surface area (Å²) in [6.07, 6.45) is -10.4. The second-order valence-electron chi connectivity index (χ2n) is 9.09. The second-order valence-corrected chi connectivity index (χ2v) is 9.09. The smallest absolute Gasteiger partial charge is 0.481 e. The van der Waals surface area contributed by atoms with Crippen molar-refractivity contribution in [3.63, 3.8) is 0 Å². The molecule has 0 unspecified atom stereocenters. The van der Waals surface area contributed by atoms with Crippen LogP contribution in [-0.2, 0) is 39.7 Å². The number of hydrogen-bond donors (Lipinski definition) is 4. The number of benzene rings is 2. The van der Waals surface area contributed by atoms with Gasteiger partial charge in [-0.15, -0.1) is 0 Å². The fourth-order valence-corrected chi connectivity index (χ4v) is 4.37. The highest BCUT2D eigenvalue weighted by molar-refractivity contribution is 6.61. The molecule has 0 bridgehead atoms. The van der Waals surface area contributed by atoms with Crippen molar-refractivity contribution in [3.05, 3.63) is 57.6 Å². The first-order valence-corrected chi connectivity index (χ1v) is 11.7. The zero-order chi connectivity index (χ0) is 29.4. The normalized spacial score (nSPS) is 15.2. The average molecular weight is 571 g/mol. The third-order valence-electron chi connectivity index (χ3n) is 6.33. The first kappa shape index (κ1) is 29.4. The van der Waals surface area contributed by atoms with Crippen LogP contribution in [0.15, 0.2) is 24.3 Å². The summed E-state index contributed by atoms with van der Waals surface area (Å²) in [6, 6.07) is 2.27. The van der Waals surface area contributed by atoms with Gasteiger partial charge in [0.05, 0.1) is 24.3 Å². The van der Waals surface area contributed by atoms with Crippen LogP contribution in [0.3, 0.4) is 0 Å². The van der Waals surface area contributed by atoms with Crippen LogP contribution in [-0.4, -0.2) is 55.1 Å². The van der Waals surface area contributed by atoms with Gasteiger partial charge in [0.1, 0.15) is 0 Å². The van der Waals surface area contributed by atoms with Crippen molar-refractivity contribution in [3.8, 4) is 0 Å². The highest BCUT2D eigenvalue weighted by Crippen LogP contribution is 2.34. The predicted molar refractivity (Wildman–Crippen MR) is 126 cm³/mol. The van der Waals surface area contributed by atoms with Crippen LogP contribution >= 0.6 is 0 Å². The number of nitrogens with one attached hydrogen (secondary N) is 2. The quantitative estimate of drug-likeness (QED) is 0.276. The van der Waals surface area contributed by atoms with Gasteiger partial charge in [-0.05, 0) is 52.7 Å². The average Bonchev–Trinajstić information content (AvgIpc) is 3.49. The number of fused-ring (bicyclic) bond motifs is 2. The molecule has 40 heavy (non-hydrogen) atoms. The number of carbonyl (C=O) groups excluding carboxylic acids is 2. The molecule has 0 fully saturated rings. The molecule has 0 aromatic heterocycles. The second kappa shape index (κ2) is 11.1. The first-order valence-electron chi connectivity index (χ1n) is 11.7. The van der Waals surface area contributed by atoms with Gasteiger partial charge in [0.25, 0.3) is 11.8 Å². The summed E-state index contributed by atoms with van der Waals surface area (Å²) in [7, 11) is -0.748. The van der Waals surface area contributed by atoms with E-state index in [1.54, 1.807) is 0 Å². The molecule has 2 aliphatic heterocycles. The van der Waals surface area contributed by atoms with Crippen molar-refractivity contribution in [2.45, 2.75) is 44.4 Å². The number of alkyl halides is 6. The van der Waals surface area contributed by atoms with Crippen LogP contribution in [0.4, 0.5) is 26.3 Å². The van der Waals surface area contributed by atoms with Crippen LogP contribution in [0.25, 0.3) is 0 Å². The minimum atomic E-state index is -4.86. The number of carboxylic acids is 1. The third kappa shape index (κ3) is 6.42. The Morgan fingerprint density at radius 1 is 0.975 bits per heavy atom. The molecule has 2 aliphatic rings. The van der Waals surface area contributed by atoms with E-state index < -0.39 is 79.6 Å². The maximum absolute atomic E-state index is 13.5. The molecule has 0 spiro atoms. The number of rotatable bonds is 8. The predicted octanol–water partition coefficient (Wildman–Crippen LogP) is 1.11. The Morgan fingerprint density at radius 2 is 1.62 bits per heavy atom. The Balaban J connectivity index is 1.53. The molecule has 4 N–H and O–H groups in total. The molecule has 2 aromatic rings. The Morgan fingerprint density at radius 3 is 2.27 bits per heavy atom. The molecule has 0 saturated heterocycles. The Labute approximate surface area is 223 Å². The summed E-state index contributed by atoms with van der Waals surface area (Å²) in [4.78, 5) is 36.7. The molecule has 2 aromatic carbocycles. The molecule has 2 heterocycles. The Hall–Kier alpha value is -3.56. The maximum Gasteiger partial charge on any atom is 0.491 e. The molecule has 17 heteroatoms. The van der Waals surface area contributed by atoms with Crippen molar-refractivity contribution in [2.75, 3.05) is 6.54 Å². The molecular weight excluding hydrogens is 552 g/mol. The molecule has 9 nitrogen and oxygen atoms in total. The van der Waals surface area contributed by atoms with Gasteiger partial charge >= 0.3 is 32.9 Å². The van der Waals surface area contributed by atoms with Crippen molar-refractivity contribution >= 4 is 43.3 Å². The van der Waals surface area contributed by atoms with Gasteiger partial charge in [-0.2, -0.15) is 26.3 Å². The summed E-state index contributed by atoms with van der Waals surface area (Å²) in [5.41, 5.74) is -3.83. The monoisotopic (exact) mass is 571 g/mol. The molecule has 1 atom stereocenters. The summed E-state index contributed by atoms with van der Waals surface area (Å²) in [5.74, 6) is -3.30. The summed E-state index contributed by atoms with van der Waals surface area (Å²) < 4.78 is 91.0. The van der Waals surface area contributed by atoms with E-state index in [0.29, 0.717) is 12.1 Å². The lowest BCUT2D eigenvalue weighted by molar-refractivity contribution is -0.139. The highest BCUT2D eigenvalue weighted by Gasteiger charge is 2.41. The first-order chi connectivity index (χ1) is 18.6. The third-order valence-corrected chi connectivity index (χ3v) is 6.33. The summed E-state index contributed by atoms with van der Waals surface area (Å²) >= 11 is 0. The fraction of sp³-hybridized carbons (Fsp3) is 0.348.